The van der Waals surface area contributed by atoms with E-state index >= 15 is 0 Å². The Balaban J connectivity index is 2.54. The number of nitrogens with one attached hydrogen (secondary N) is 1. The molecule has 0 fully saturated rings. The van der Waals surface area contributed by atoms with Crippen molar-refractivity contribution in [1.29, 1.82) is 0 Å². The van der Waals surface area contributed by atoms with Gasteiger partial charge in [0.05, 0.1) is 21.9 Å². The van der Waals surface area contributed by atoms with Crippen molar-refractivity contribution in [2.45, 2.75) is 0 Å². The molecule has 2 aromatic rings. The molecule has 0 bridgehead atoms. The molecule has 0 radical (unpaired) electrons. The molecule has 0 aliphatic rings. The van der Waals surface area contributed by atoms with Crippen molar-refractivity contribution in [3.63, 3.8) is 0 Å². The predicted molar refractivity (Wildman–Crippen MR) is 61.0 cm³/mol. The highest BCUT2D eigenvalue weighted by Gasteiger charge is 2.14. The number of nitrogens with zero attached hydrogens (tertiary/aromatic N) is 1. The number of carboxylic acid groups (broad SMARTS) is 1. The molecule has 2 rings (SSSR count). The van der Waals surface area contributed by atoms with Crippen molar-refractivity contribution in [2.24, 2.45) is 0 Å². The zero-order valence-electron chi connectivity index (χ0n) is 7.87. The first kappa shape index (κ1) is 11.0. The lowest BCUT2D eigenvalue weighted by molar-refractivity contribution is 0.0698. The van der Waals surface area contributed by atoms with Gasteiger partial charge in [0, 0.05) is 5.56 Å². The average Bonchev–Trinajstić information content (AvgIpc) is 2.71. The third kappa shape index (κ3) is 1.89. The zero-order valence-corrected chi connectivity index (χ0v) is 9.38. The number of aromatic carboxylic acids is 1. The highest BCUT2D eigenvalue weighted by atomic mass is 35.5. The Kier molecular flexibility index (Phi) is 2.85. The van der Waals surface area contributed by atoms with Crippen LogP contribution >= 0.6 is 23.2 Å². The van der Waals surface area contributed by atoms with E-state index in [-0.39, 0.29) is 5.56 Å². The Morgan fingerprint density at radius 3 is 2.69 bits per heavy atom. The maximum absolute atomic E-state index is 10.9. The van der Waals surface area contributed by atoms with Gasteiger partial charge in [-0.1, -0.05) is 29.3 Å². The molecule has 0 saturated carbocycles. The number of halogens is 2. The molecule has 2 N–H and O–H groups in total. The summed E-state index contributed by atoms with van der Waals surface area (Å²) < 4.78 is 0. The molecule has 6 heteroatoms. The summed E-state index contributed by atoms with van der Waals surface area (Å²) in [4.78, 5) is 10.9. The maximum atomic E-state index is 10.9. The van der Waals surface area contributed by atoms with Crippen LogP contribution in [0.3, 0.4) is 0 Å². The maximum Gasteiger partial charge on any atom is 0.339 e. The van der Waals surface area contributed by atoms with Gasteiger partial charge in [0.25, 0.3) is 0 Å². The Morgan fingerprint density at radius 2 is 2.06 bits per heavy atom. The molecule has 1 aromatic carbocycles. The van der Waals surface area contributed by atoms with Crippen LogP contribution in [0.1, 0.15) is 10.4 Å². The molecule has 16 heavy (non-hydrogen) atoms. The van der Waals surface area contributed by atoms with E-state index in [0.29, 0.717) is 21.3 Å². The molecule has 0 aliphatic heterocycles. The molecular formula is C10H6Cl2N2O2. The van der Waals surface area contributed by atoms with E-state index in [1.54, 1.807) is 18.2 Å². The number of hydrogen-bond donors (Lipinski definition) is 2. The Morgan fingerprint density at radius 1 is 1.31 bits per heavy atom. The molecule has 82 valence electrons. The lowest BCUT2D eigenvalue weighted by Gasteiger charge is -2.01. The molecule has 0 amide bonds. The summed E-state index contributed by atoms with van der Waals surface area (Å²) in [6.07, 6.45) is 1.25. The second-order valence-corrected chi connectivity index (χ2v) is 3.91. The number of aromatic amines is 1. The number of H-pyrrole nitrogens is 1. The highest BCUT2D eigenvalue weighted by Crippen LogP contribution is 2.29. The fraction of sp³-hybridized carbons (Fsp3) is 0. The molecule has 1 aromatic heterocycles. The predicted octanol–water partition coefficient (Wildman–Crippen LogP) is 3.08. The SMILES string of the molecule is O=C(O)c1cn[nH]c1-c1ccc(Cl)c(Cl)c1. The summed E-state index contributed by atoms with van der Waals surface area (Å²) in [5.74, 6) is -1.05. The molecule has 0 unspecified atom stereocenters. The summed E-state index contributed by atoms with van der Waals surface area (Å²) in [6.45, 7) is 0. The minimum Gasteiger partial charge on any atom is -0.478 e. The molecule has 0 aliphatic carbocycles. The van der Waals surface area contributed by atoms with Crippen molar-refractivity contribution in [2.75, 3.05) is 0 Å². The number of carboxylic acids is 1. The first-order valence-corrected chi connectivity index (χ1v) is 5.07. The van der Waals surface area contributed by atoms with E-state index in [1.165, 1.54) is 6.20 Å². The van der Waals surface area contributed by atoms with Gasteiger partial charge in [0.15, 0.2) is 0 Å². The third-order valence-corrected chi connectivity index (χ3v) is 2.82. The van der Waals surface area contributed by atoms with Gasteiger partial charge in [-0.25, -0.2) is 4.79 Å². The van der Waals surface area contributed by atoms with Gasteiger partial charge >= 0.3 is 5.97 Å². The van der Waals surface area contributed by atoms with Crippen LogP contribution in [0.2, 0.25) is 10.0 Å². The first-order chi connectivity index (χ1) is 7.59. The minimum atomic E-state index is -1.05. The van der Waals surface area contributed by atoms with Crippen molar-refractivity contribution in [1.82, 2.24) is 10.2 Å². The van der Waals surface area contributed by atoms with Gasteiger partial charge < -0.3 is 5.11 Å². The van der Waals surface area contributed by atoms with Crippen LogP contribution in [0.5, 0.6) is 0 Å². The van der Waals surface area contributed by atoms with E-state index in [9.17, 15) is 4.79 Å². The van der Waals surface area contributed by atoms with Crippen LogP contribution in [0, 0.1) is 0 Å². The van der Waals surface area contributed by atoms with Crippen molar-refractivity contribution in [3.8, 4) is 11.3 Å². The summed E-state index contributed by atoms with van der Waals surface area (Å²) in [5, 5.41) is 16.0. The summed E-state index contributed by atoms with van der Waals surface area (Å²) in [5.41, 5.74) is 1.13. The Labute approximate surface area is 101 Å². The highest BCUT2D eigenvalue weighted by molar-refractivity contribution is 6.42. The molecule has 0 atom stereocenters. The third-order valence-electron chi connectivity index (χ3n) is 2.08. The molecule has 4 nitrogen and oxygen atoms in total. The lowest BCUT2D eigenvalue weighted by atomic mass is 10.1. The second-order valence-electron chi connectivity index (χ2n) is 3.09. The lowest BCUT2D eigenvalue weighted by Crippen LogP contribution is -1.96. The van der Waals surface area contributed by atoms with Crippen molar-refractivity contribution < 1.29 is 9.90 Å². The van der Waals surface area contributed by atoms with Crippen LogP contribution in [0.15, 0.2) is 24.4 Å². The first-order valence-electron chi connectivity index (χ1n) is 4.31. The van der Waals surface area contributed by atoms with E-state index in [2.05, 4.69) is 10.2 Å². The summed E-state index contributed by atoms with van der Waals surface area (Å²) >= 11 is 11.6. The molecule has 0 saturated heterocycles. The fourth-order valence-electron chi connectivity index (χ4n) is 1.32. The second kappa shape index (κ2) is 4.15. The normalized spacial score (nSPS) is 10.4. The van der Waals surface area contributed by atoms with Crippen LogP contribution in [-0.4, -0.2) is 21.3 Å². The number of aromatic nitrogens is 2. The standard InChI is InChI=1S/C10H6Cl2N2O2/c11-7-2-1-5(3-8(7)12)9-6(10(15)16)4-13-14-9/h1-4H,(H,13,14)(H,15,16). The summed E-state index contributed by atoms with van der Waals surface area (Å²) in [7, 11) is 0. The number of rotatable bonds is 2. The monoisotopic (exact) mass is 256 g/mol. The molecule has 1 heterocycles. The van der Waals surface area contributed by atoms with E-state index in [1.807, 2.05) is 0 Å². The van der Waals surface area contributed by atoms with Gasteiger partial charge in [-0.3, -0.25) is 5.10 Å². The van der Waals surface area contributed by atoms with Crippen LogP contribution < -0.4 is 0 Å². The van der Waals surface area contributed by atoms with Gasteiger partial charge in [0.1, 0.15) is 5.56 Å². The number of benzene rings is 1. The molecular weight excluding hydrogens is 251 g/mol. The van der Waals surface area contributed by atoms with E-state index in [0.717, 1.165) is 0 Å². The zero-order chi connectivity index (χ0) is 11.7. The Bertz CT molecular complexity index is 552. The van der Waals surface area contributed by atoms with Gasteiger partial charge in [-0.15, -0.1) is 0 Å². The molecule has 0 spiro atoms. The van der Waals surface area contributed by atoms with Crippen molar-refractivity contribution >= 4 is 29.2 Å². The van der Waals surface area contributed by atoms with Gasteiger partial charge in [0.2, 0.25) is 0 Å². The Hall–Kier alpha value is -1.52. The number of hydrogen-bond acceptors (Lipinski definition) is 2. The smallest absolute Gasteiger partial charge is 0.339 e. The van der Waals surface area contributed by atoms with E-state index < -0.39 is 5.97 Å². The summed E-state index contributed by atoms with van der Waals surface area (Å²) in [6, 6.07) is 4.86. The average molecular weight is 257 g/mol. The van der Waals surface area contributed by atoms with Crippen LogP contribution in [0.4, 0.5) is 0 Å². The number of carbonyl (C=O) groups is 1. The largest absolute Gasteiger partial charge is 0.478 e. The fourth-order valence-corrected chi connectivity index (χ4v) is 1.62. The topological polar surface area (TPSA) is 66.0 Å². The minimum absolute atomic E-state index is 0.0957. The van der Waals surface area contributed by atoms with Crippen LogP contribution in [-0.2, 0) is 0 Å². The van der Waals surface area contributed by atoms with Crippen molar-refractivity contribution in [3.05, 3.63) is 40.0 Å². The van der Waals surface area contributed by atoms with E-state index in [4.69, 9.17) is 28.3 Å². The van der Waals surface area contributed by atoms with Gasteiger partial charge in [-0.2, -0.15) is 5.10 Å². The quantitative estimate of drug-likeness (QED) is 0.868. The van der Waals surface area contributed by atoms with Gasteiger partial charge in [-0.05, 0) is 12.1 Å². The van der Waals surface area contributed by atoms with Crippen LogP contribution in [0.25, 0.3) is 11.3 Å².